The Labute approximate surface area is 82.3 Å². The molecular formula is C7H4BrClN2O. The van der Waals surface area contributed by atoms with Gasteiger partial charge < -0.3 is 5.32 Å². The highest BCUT2D eigenvalue weighted by molar-refractivity contribution is 9.10. The zero-order chi connectivity index (χ0) is 8.72. The molecule has 12 heavy (non-hydrogen) atoms. The van der Waals surface area contributed by atoms with Crippen molar-refractivity contribution in [2.24, 2.45) is 0 Å². The molecule has 2 rings (SSSR count). The van der Waals surface area contributed by atoms with Gasteiger partial charge in [-0.1, -0.05) is 11.6 Å². The van der Waals surface area contributed by atoms with E-state index >= 15 is 0 Å². The predicted octanol–water partition coefficient (Wildman–Crippen LogP) is 1.74. The third kappa shape index (κ3) is 1.11. The van der Waals surface area contributed by atoms with Crippen LogP contribution in [0.5, 0.6) is 0 Å². The first-order valence-corrected chi connectivity index (χ1v) is 4.48. The highest BCUT2D eigenvalue weighted by Crippen LogP contribution is 2.25. The van der Waals surface area contributed by atoms with Crippen LogP contribution in [0.25, 0.3) is 0 Å². The first kappa shape index (κ1) is 8.01. The van der Waals surface area contributed by atoms with Gasteiger partial charge in [0.05, 0.1) is 5.56 Å². The van der Waals surface area contributed by atoms with Crippen molar-refractivity contribution >= 4 is 33.4 Å². The van der Waals surface area contributed by atoms with Gasteiger partial charge in [-0.05, 0) is 22.0 Å². The summed E-state index contributed by atoms with van der Waals surface area (Å²) in [4.78, 5) is 15.1. The number of halogens is 2. The molecule has 62 valence electrons. The SMILES string of the molecule is O=C1NCc2c1cc(Br)nc2Cl. The van der Waals surface area contributed by atoms with Crippen molar-refractivity contribution in [1.29, 1.82) is 0 Å². The number of fused-ring (bicyclic) bond motifs is 1. The van der Waals surface area contributed by atoms with E-state index in [4.69, 9.17) is 11.6 Å². The number of amides is 1. The average Bonchev–Trinajstić information content (AvgIpc) is 2.33. The number of nitrogens with zero attached hydrogens (tertiary/aromatic N) is 1. The van der Waals surface area contributed by atoms with E-state index in [9.17, 15) is 4.79 Å². The molecule has 1 aliphatic rings. The summed E-state index contributed by atoms with van der Waals surface area (Å²) in [5.74, 6) is -0.0880. The fourth-order valence-corrected chi connectivity index (χ4v) is 1.91. The molecule has 2 heterocycles. The third-order valence-corrected chi connectivity index (χ3v) is 2.43. The predicted molar refractivity (Wildman–Crippen MR) is 48.1 cm³/mol. The van der Waals surface area contributed by atoms with E-state index in [-0.39, 0.29) is 5.91 Å². The van der Waals surface area contributed by atoms with Crippen LogP contribution in [-0.4, -0.2) is 10.9 Å². The topological polar surface area (TPSA) is 42.0 Å². The van der Waals surface area contributed by atoms with Crippen LogP contribution in [0.1, 0.15) is 15.9 Å². The fraction of sp³-hybridized carbons (Fsp3) is 0.143. The van der Waals surface area contributed by atoms with E-state index in [1.807, 2.05) is 0 Å². The average molecular weight is 247 g/mol. The number of hydrogen-bond donors (Lipinski definition) is 1. The van der Waals surface area contributed by atoms with Crippen molar-refractivity contribution in [3.8, 4) is 0 Å². The quantitative estimate of drug-likeness (QED) is 0.710. The summed E-state index contributed by atoms with van der Waals surface area (Å²) in [6, 6.07) is 1.67. The first-order valence-electron chi connectivity index (χ1n) is 3.31. The van der Waals surface area contributed by atoms with Crippen molar-refractivity contribution in [1.82, 2.24) is 10.3 Å². The maximum absolute atomic E-state index is 11.2. The Morgan fingerprint density at radius 2 is 2.42 bits per heavy atom. The van der Waals surface area contributed by atoms with Gasteiger partial charge in [0.2, 0.25) is 0 Å². The van der Waals surface area contributed by atoms with Crippen molar-refractivity contribution in [3.05, 3.63) is 26.9 Å². The molecule has 0 saturated heterocycles. The Bertz CT molecular complexity index is 367. The van der Waals surface area contributed by atoms with E-state index in [2.05, 4.69) is 26.2 Å². The van der Waals surface area contributed by atoms with Gasteiger partial charge in [-0.25, -0.2) is 4.98 Å². The zero-order valence-corrected chi connectivity index (χ0v) is 8.24. The van der Waals surface area contributed by atoms with Gasteiger partial charge in [-0.3, -0.25) is 4.79 Å². The lowest BCUT2D eigenvalue weighted by molar-refractivity contribution is 0.0965. The molecular weight excluding hydrogens is 243 g/mol. The second-order valence-electron chi connectivity index (χ2n) is 2.44. The molecule has 0 radical (unpaired) electrons. The molecule has 3 nitrogen and oxygen atoms in total. The number of rotatable bonds is 0. The number of aromatic nitrogens is 1. The van der Waals surface area contributed by atoms with E-state index in [1.165, 1.54) is 0 Å². The van der Waals surface area contributed by atoms with Gasteiger partial charge in [-0.2, -0.15) is 0 Å². The van der Waals surface area contributed by atoms with Crippen LogP contribution in [0, 0.1) is 0 Å². The van der Waals surface area contributed by atoms with Crippen LogP contribution < -0.4 is 5.32 Å². The molecule has 1 aromatic heterocycles. The fourth-order valence-electron chi connectivity index (χ4n) is 1.15. The molecule has 0 bridgehead atoms. The Morgan fingerprint density at radius 3 is 3.17 bits per heavy atom. The highest BCUT2D eigenvalue weighted by atomic mass is 79.9. The lowest BCUT2D eigenvalue weighted by Gasteiger charge is -1.98. The van der Waals surface area contributed by atoms with Gasteiger partial charge in [0.1, 0.15) is 9.76 Å². The highest BCUT2D eigenvalue weighted by Gasteiger charge is 2.22. The molecule has 1 amide bonds. The minimum absolute atomic E-state index is 0.0880. The maximum Gasteiger partial charge on any atom is 0.252 e. The smallest absolute Gasteiger partial charge is 0.252 e. The van der Waals surface area contributed by atoms with E-state index in [0.717, 1.165) is 5.56 Å². The molecule has 0 saturated carbocycles. The van der Waals surface area contributed by atoms with Gasteiger partial charge in [0.25, 0.3) is 5.91 Å². The Morgan fingerprint density at radius 1 is 1.67 bits per heavy atom. The van der Waals surface area contributed by atoms with Gasteiger partial charge >= 0.3 is 0 Å². The van der Waals surface area contributed by atoms with E-state index in [0.29, 0.717) is 21.9 Å². The first-order chi connectivity index (χ1) is 5.68. The van der Waals surface area contributed by atoms with Crippen LogP contribution in [0.4, 0.5) is 0 Å². The molecule has 0 fully saturated rings. The standard InChI is InChI=1S/C7H4BrClN2O/c8-5-1-3-4(6(9)11-5)2-10-7(3)12/h1H,2H2,(H,10,12). The molecule has 1 N–H and O–H groups in total. The summed E-state index contributed by atoms with van der Waals surface area (Å²) in [5.41, 5.74) is 1.40. The van der Waals surface area contributed by atoms with Gasteiger partial charge in [0.15, 0.2) is 0 Å². The van der Waals surface area contributed by atoms with E-state index in [1.54, 1.807) is 6.07 Å². The summed E-state index contributed by atoms with van der Waals surface area (Å²) in [7, 11) is 0. The number of nitrogens with one attached hydrogen (secondary N) is 1. The monoisotopic (exact) mass is 246 g/mol. The second-order valence-corrected chi connectivity index (χ2v) is 3.62. The number of carbonyl (C=O) groups is 1. The minimum Gasteiger partial charge on any atom is -0.348 e. The normalized spacial score (nSPS) is 14.3. The van der Waals surface area contributed by atoms with E-state index < -0.39 is 0 Å². The number of pyridine rings is 1. The van der Waals surface area contributed by atoms with Crippen LogP contribution in [0.2, 0.25) is 5.15 Å². The van der Waals surface area contributed by atoms with Crippen LogP contribution in [0.3, 0.4) is 0 Å². The molecule has 0 atom stereocenters. The minimum atomic E-state index is -0.0880. The van der Waals surface area contributed by atoms with Crippen molar-refractivity contribution in [2.45, 2.75) is 6.54 Å². The second kappa shape index (κ2) is 2.71. The van der Waals surface area contributed by atoms with Crippen LogP contribution in [0.15, 0.2) is 10.7 Å². The Kier molecular flexibility index (Phi) is 1.81. The molecule has 1 aromatic rings. The van der Waals surface area contributed by atoms with Crippen molar-refractivity contribution in [3.63, 3.8) is 0 Å². The molecule has 0 aromatic carbocycles. The molecule has 1 aliphatic heterocycles. The largest absolute Gasteiger partial charge is 0.348 e. The van der Waals surface area contributed by atoms with Gasteiger partial charge in [-0.15, -0.1) is 0 Å². The summed E-state index contributed by atoms with van der Waals surface area (Å²) in [6.45, 7) is 0.479. The summed E-state index contributed by atoms with van der Waals surface area (Å²) in [6.07, 6.45) is 0. The Hall–Kier alpha value is -0.610. The lowest BCUT2D eigenvalue weighted by Crippen LogP contribution is -2.12. The van der Waals surface area contributed by atoms with Crippen molar-refractivity contribution in [2.75, 3.05) is 0 Å². The maximum atomic E-state index is 11.2. The molecule has 0 aliphatic carbocycles. The summed E-state index contributed by atoms with van der Waals surface area (Å²) >= 11 is 8.97. The molecule has 5 heteroatoms. The van der Waals surface area contributed by atoms with Crippen LogP contribution >= 0.6 is 27.5 Å². The van der Waals surface area contributed by atoms with Crippen molar-refractivity contribution < 1.29 is 4.79 Å². The van der Waals surface area contributed by atoms with Crippen LogP contribution in [-0.2, 0) is 6.54 Å². The molecule has 0 spiro atoms. The summed E-state index contributed by atoms with van der Waals surface area (Å²) < 4.78 is 0.586. The molecule has 0 unspecified atom stereocenters. The van der Waals surface area contributed by atoms with Gasteiger partial charge in [0, 0.05) is 12.1 Å². The number of hydrogen-bond acceptors (Lipinski definition) is 2. The third-order valence-electron chi connectivity index (χ3n) is 1.71. The number of carbonyl (C=O) groups excluding carboxylic acids is 1. The lowest BCUT2D eigenvalue weighted by atomic mass is 10.2. The Balaban J connectivity index is 2.68. The zero-order valence-electron chi connectivity index (χ0n) is 5.90. The summed E-state index contributed by atoms with van der Waals surface area (Å²) in [5, 5.41) is 3.06.